The summed E-state index contributed by atoms with van der Waals surface area (Å²) < 4.78 is 10.8. The summed E-state index contributed by atoms with van der Waals surface area (Å²) in [6.07, 6.45) is 0.990. The van der Waals surface area contributed by atoms with Crippen LogP contribution in [0.3, 0.4) is 0 Å². The van der Waals surface area contributed by atoms with Crippen molar-refractivity contribution in [2.75, 3.05) is 19.5 Å². The van der Waals surface area contributed by atoms with Crippen molar-refractivity contribution in [3.05, 3.63) is 18.2 Å². The molecule has 90 valence electrons. The summed E-state index contributed by atoms with van der Waals surface area (Å²) in [5.41, 5.74) is 6.73. The van der Waals surface area contributed by atoms with Gasteiger partial charge in [0.15, 0.2) is 0 Å². The number of nitrogens with two attached hydrogens (primary N) is 1. The van der Waals surface area contributed by atoms with Gasteiger partial charge in [-0.2, -0.15) is 0 Å². The van der Waals surface area contributed by atoms with Gasteiger partial charge >= 0.3 is 0 Å². The number of para-hydroxylation sites is 1. The van der Waals surface area contributed by atoms with Gasteiger partial charge in [-0.15, -0.1) is 0 Å². The molecule has 0 amide bonds. The molecule has 3 heteroatoms. The fourth-order valence-electron chi connectivity index (χ4n) is 1.29. The average molecular weight is 223 g/mol. The van der Waals surface area contributed by atoms with Crippen LogP contribution in [-0.2, 0) is 0 Å². The predicted molar refractivity (Wildman–Crippen MR) is 67.0 cm³/mol. The monoisotopic (exact) mass is 223 g/mol. The lowest BCUT2D eigenvalue weighted by Gasteiger charge is -2.19. The minimum absolute atomic E-state index is 0.271. The molecule has 1 aromatic rings. The zero-order valence-electron chi connectivity index (χ0n) is 10.5. The summed E-state index contributed by atoms with van der Waals surface area (Å²) in [7, 11) is 1.60. The van der Waals surface area contributed by atoms with E-state index < -0.39 is 0 Å². The van der Waals surface area contributed by atoms with E-state index in [-0.39, 0.29) is 5.41 Å². The highest BCUT2D eigenvalue weighted by Gasteiger charge is 2.11. The van der Waals surface area contributed by atoms with Crippen molar-refractivity contribution in [2.45, 2.75) is 27.2 Å². The SMILES string of the molecule is COc1cccc(OCCC(C)(C)C)c1N. The predicted octanol–water partition coefficient (Wildman–Crippen LogP) is 3.09. The Hall–Kier alpha value is -1.38. The van der Waals surface area contributed by atoms with Gasteiger partial charge in [0.05, 0.1) is 13.7 Å². The molecule has 16 heavy (non-hydrogen) atoms. The second kappa shape index (κ2) is 5.10. The first-order valence-corrected chi connectivity index (χ1v) is 5.49. The largest absolute Gasteiger partial charge is 0.494 e. The van der Waals surface area contributed by atoms with Crippen molar-refractivity contribution >= 4 is 5.69 Å². The van der Waals surface area contributed by atoms with Crippen molar-refractivity contribution in [3.8, 4) is 11.5 Å². The van der Waals surface area contributed by atoms with E-state index in [4.69, 9.17) is 15.2 Å². The molecule has 0 fully saturated rings. The van der Waals surface area contributed by atoms with Crippen LogP contribution in [0.15, 0.2) is 18.2 Å². The Labute approximate surface area is 97.6 Å². The summed E-state index contributed by atoms with van der Waals surface area (Å²) in [4.78, 5) is 0. The Morgan fingerprint density at radius 3 is 2.38 bits per heavy atom. The van der Waals surface area contributed by atoms with E-state index in [0.717, 1.165) is 6.42 Å². The van der Waals surface area contributed by atoms with E-state index in [0.29, 0.717) is 23.8 Å². The first-order valence-electron chi connectivity index (χ1n) is 5.49. The average Bonchev–Trinajstić information content (AvgIpc) is 2.19. The quantitative estimate of drug-likeness (QED) is 0.798. The van der Waals surface area contributed by atoms with Crippen molar-refractivity contribution in [2.24, 2.45) is 5.41 Å². The molecule has 0 aliphatic carbocycles. The van der Waals surface area contributed by atoms with Crippen molar-refractivity contribution in [1.29, 1.82) is 0 Å². The summed E-state index contributed by atoms with van der Waals surface area (Å²) >= 11 is 0. The Bertz CT molecular complexity index is 342. The maximum absolute atomic E-state index is 5.89. The van der Waals surface area contributed by atoms with E-state index in [2.05, 4.69) is 20.8 Å². The topological polar surface area (TPSA) is 44.5 Å². The van der Waals surface area contributed by atoms with Crippen LogP contribution >= 0.6 is 0 Å². The minimum Gasteiger partial charge on any atom is -0.494 e. The van der Waals surface area contributed by atoms with Crippen LogP contribution in [0, 0.1) is 5.41 Å². The molecular weight excluding hydrogens is 202 g/mol. The normalized spacial score (nSPS) is 11.2. The van der Waals surface area contributed by atoms with Crippen molar-refractivity contribution in [1.82, 2.24) is 0 Å². The van der Waals surface area contributed by atoms with Gasteiger partial charge in [0, 0.05) is 0 Å². The summed E-state index contributed by atoms with van der Waals surface area (Å²) in [6.45, 7) is 7.22. The summed E-state index contributed by atoms with van der Waals surface area (Å²) in [5, 5.41) is 0. The maximum Gasteiger partial charge on any atom is 0.146 e. The number of hydrogen-bond acceptors (Lipinski definition) is 3. The van der Waals surface area contributed by atoms with Crippen molar-refractivity contribution < 1.29 is 9.47 Å². The molecule has 2 N–H and O–H groups in total. The van der Waals surface area contributed by atoms with Crippen LogP contribution in [0.4, 0.5) is 5.69 Å². The van der Waals surface area contributed by atoms with E-state index in [9.17, 15) is 0 Å². The third-order valence-electron chi connectivity index (χ3n) is 2.36. The molecule has 1 rings (SSSR count). The zero-order chi connectivity index (χ0) is 12.2. The Balaban J connectivity index is 2.61. The molecule has 0 radical (unpaired) electrons. The number of methoxy groups -OCH3 is 1. The Morgan fingerprint density at radius 1 is 1.19 bits per heavy atom. The van der Waals surface area contributed by atoms with Crippen LogP contribution in [0.2, 0.25) is 0 Å². The minimum atomic E-state index is 0.271. The van der Waals surface area contributed by atoms with Gasteiger partial charge in [-0.25, -0.2) is 0 Å². The highest BCUT2D eigenvalue weighted by atomic mass is 16.5. The van der Waals surface area contributed by atoms with Crippen LogP contribution in [0.25, 0.3) is 0 Å². The molecule has 1 aromatic carbocycles. The number of benzene rings is 1. The van der Waals surface area contributed by atoms with E-state index in [1.807, 2.05) is 18.2 Å². The summed E-state index contributed by atoms with van der Waals surface area (Å²) in [6, 6.07) is 5.56. The molecule has 0 aliphatic heterocycles. The lowest BCUT2D eigenvalue weighted by atomic mass is 9.93. The zero-order valence-corrected chi connectivity index (χ0v) is 10.5. The van der Waals surface area contributed by atoms with Gasteiger partial charge in [0.1, 0.15) is 17.2 Å². The van der Waals surface area contributed by atoms with Gasteiger partial charge in [-0.05, 0) is 24.0 Å². The molecular formula is C13H21NO2. The molecule has 0 saturated carbocycles. The van der Waals surface area contributed by atoms with Crippen LogP contribution < -0.4 is 15.2 Å². The second-order valence-corrected chi connectivity index (χ2v) is 5.03. The highest BCUT2D eigenvalue weighted by Crippen LogP contribution is 2.31. The molecule has 0 atom stereocenters. The lowest BCUT2D eigenvalue weighted by molar-refractivity contribution is 0.243. The third-order valence-corrected chi connectivity index (χ3v) is 2.36. The molecule has 0 aliphatic rings. The van der Waals surface area contributed by atoms with Crippen LogP contribution in [0.1, 0.15) is 27.2 Å². The van der Waals surface area contributed by atoms with Crippen LogP contribution in [-0.4, -0.2) is 13.7 Å². The molecule has 0 aromatic heterocycles. The van der Waals surface area contributed by atoms with Gasteiger partial charge in [-0.1, -0.05) is 26.8 Å². The highest BCUT2D eigenvalue weighted by molar-refractivity contribution is 5.62. The summed E-state index contributed by atoms with van der Waals surface area (Å²) in [5.74, 6) is 1.36. The first kappa shape index (κ1) is 12.7. The molecule has 0 spiro atoms. The van der Waals surface area contributed by atoms with E-state index in [1.165, 1.54) is 0 Å². The molecule has 0 heterocycles. The molecule has 0 saturated heterocycles. The van der Waals surface area contributed by atoms with E-state index in [1.54, 1.807) is 7.11 Å². The first-order chi connectivity index (χ1) is 7.44. The Kier molecular flexibility index (Phi) is 4.05. The standard InChI is InChI=1S/C13H21NO2/c1-13(2,3)8-9-16-11-7-5-6-10(15-4)12(11)14/h5-7H,8-9,14H2,1-4H3. The third kappa shape index (κ3) is 3.65. The molecule has 3 nitrogen and oxygen atoms in total. The van der Waals surface area contributed by atoms with E-state index >= 15 is 0 Å². The van der Waals surface area contributed by atoms with Gasteiger partial charge in [0.25, 0.3) is 0 Å². The van der Waals surface area contributed by atoms with Gasteiger partial charge < -0.3 is 15.2 Å². The molecule has 0 bridgehead atoms. The number of hydrogen-bond donors (Lipinski definition) is 1. The number of anilines is 1. The fourth-order valence-corrected chi connectivity index (χ4v) is 1.29. The van der Waals surface area contributed by atoms with Crippen molar-refractivity contribution in [3.63, 3.8) is 0 Å². The smallest absolute Gasteiger partial charge is 0.146 e. The van der Waals surface area contributed by atoms with Gasteiger partial charge in [-0.3, -0.25) is 0 Å². The fraction of sp³-hybridized carbons (Fsp3) is 0.538. The lowest BCUT2D eigenvalue weighted by Crippen LogP contribution is -2.11. The number of ether oxygens (including phenoxy) is 2. The number of rotatable bonds is 4. The van der Waals surface area contributed by atoms with Crippen LogP contribution in [0.5, 0.6) is 11.5 Å². The number of nitrogen functional groups attached to an aromatic ring is 1. The van der Waals surface area contributed by atoms with Gasteiger partial charge in [0.2, 0.25) is 0 Å². The Morgan fingerprint density at radius 2 is 1.81 bits per heavy atom. The molecule has 0 unspecified atom stereocenters. The maximum atomic E-state index is 5.89. The second-order valence-electron chi connectivity index (χ2n) is 5.03.